The van der Waals surface area contributed by atoms with Gasteiger partial charge in [0, 0.05) is 19.1 Å². The fourth-order valence-corrected chi connectivity index (χ4v) is 2.50. The Morgan fingerprint density at radius 3 is 3.00 bits per heavy atom. The number of hydrogen-bond donors (Lipinski definition) is 1. The highest BCUT2D eigenvalue weighted by Crippen LogP contribution is 2.20. The molecule has 1 N–H and O–H groups in total. The van der Waals surface area contributed by atoms with Crippen LogP contribution in [0.5, 0.6) is 0 Å². The third kappa shape index (κ3) is 3.29. The van der Waals surface area contributed by atoms with E-state index in [-0.39, 0.29) is 18.5 Å². The number of aliphatic hydroxyl groups excluding tert-OH is 1. The molecule has 1 heterocycles. The van der Waals surface area contributed by atoms with Crippen LogP contribution in [-0.2, 0) is 11.3 Å². The van der Waals surface area contributed by atoms with Gasteiger partial charge in [-0.2, -0.15) is 0 Å². The lowest BCUT2D eigenvalue weighted by molar-refractivity contribution is -0.0805. The Balaban J connectivity index is 2.04. The molecule has 1 saturated heterocycles. The topological polar surface area (TPSA) is 32.7 Å². The molecular weight excluding hydrogens is 301 g/mol. The van der Waals surface area contributed by atoms with Crippen LogP contribution in [-0.4, -0.2) is 41.9 Å². The molecule has 18 heavy (non-hydrogen) atoms. The highest BCUT2D eigenvalue weighted by molar-refractivity contribution is 9.10. The average molecular weight is 318 g/mol. The summed E-state index contributed by atoms with van der Waals surface area (Å²) in [6, 6.07) is 5.35. The summed E-state index contributed by atoms with van der Waals surface area (Å²) in [6.45, 7) is 4.18. The van der Waals surface area contributed by atoms with E-state index in [0.717, 1.165) is 12.1 Å². The summed E-state index contributed by atoms with van der Waals surface area (Å²) in [7, 11) is 0. The smallest absolute Gasteiger partial charge is 0.137 e. The minimum absolute atomic E-state index is 0.0380. The van der Waals surface area contributed by atoms with E-state index in [1.807, 2.05) is 0 Å². The quantitative estimate of drug-likeness (QED) is 0.927. The summed E-state index contributed by atoms with van der Waals surface area (Å²) in [4.78, 5) is 2.24. The monoisotopic (exact) mass is 317 g/mol. The third-order valence-electron chi connectivity index (χ3n) is 3.21. The number of halogens is 2. The largest absolute Gasteiger partial charge is 0.394 e. The summed E-state index contributed by atoms with van der Waals surface area (Å²) in [6.07, 6.45) is -0.120. The van der Waals surface area contributed by atoms with Crippen LogP contribution in [0.3, 0.4) is 0 Å². The maximum atomic E-state index is 13.2. The van der Waals surface area contributed by atoms with Crippen molar-refractivity contribution in [2.75, 3.05) is 19.8 Å². The highest BCUT2D eigenvalue weighted by Gasteiger charge is 2.25. The molecule has 2 unspecified atom stereocenters. The van der Waals surface area contributed by atoms with E-state index < -0.39 is 0 Å². The number of morpholine rings is 1. The van der Waals surface area contributed by atoms with Crippen LogP contribution >= 0.6 is 15.9 Å². The van der Waals surface area contributed by atoms with Crippen molar-refractivity contribution in [3.63, 3.8) is 0 Å². The predicted octanol–water partition coefficient (Wildman–Crippen LogP) is 2.17. The van der Waals surface area contributed by atoms with Gasteiger partial charge in [-0.3, -0.25) is 4.90 Å². The molecular formula is C13H17BrFNO2. The minimum Gasteiger partial charge on any atom is -0.394 e. The van der Waals surface area contributed by atoms with E-state index in [2.05, 4.69) is 27.8 Å². The van der Waals surface area contributed by atoms with Crippen molar-refractivity contribution in [1.82, 2.24) is 4.90 Å². The van der Waals surface area contributed by atoms with Gasteiger partial charge in [0.2, 0.25) is 0 Å². The second kappa shape index (κ2) is 6.10. The van der Waals surface area contributed by atoms with Gasteiger partial charge in [0.15, 0.2) is 0 Å². The van der Waals surface area contributed by atoms with Crippen LogP contribution in [0.2, 0.25) is 0 Å². The zero-order valence-corrected chi connectivity index (χ0v) is 11.9. The fourth-order valence-electron chi connectivity index (χ4n) is 2.08. The van der Waals surface area contributed by atoms with E-state index in [9.17, 15) is 4.39 Å². The van der Waals surface area contributed by atoms with Crippen LogP contribution in [0.1, 0.15) is 12.5 Å². The SMILES string of the molecule is CC1COC(CO)CN1Cc1ccc(F)c(Br)c1. The maximum absolute atomic E-state index is 13.2. The first-order valence-electron chi connectivity index (χ1n) is 6.00. The first-order valence-corrected chi connectivity index (χ1v) is 6.80. The number of rotatable bonds is 3. The molecule has 0 amide bonds. The number of aliphatic hydroxyl groups is 1. The highest BCUT2D eigenvalue weighted by atomic mass is 79.9. The fraction of sp³-hybridized carbons (Fsp3) is 0.538. The van der Waals surface area contributed by atoms with Crippen LogP contribution in [0, 0.1) is 5.82 Å². The number of nitrogens with zero attached hydrogens (tertiary/aromatic N) is 1. The van der Waals surface area contributed by atoms with E-state index in [1.165, 1.54) is 6.07 Å². The first-order chi connectivity index (χ1) is 8.60. The second-order valence-electron chi connectivity index (χ2n) is 4.66. The summed E-state index contributed by atoms with van der Waals surface area (Å²) in [5.41, 5.74) is 1.05. The molecule has 1 aliphatic rings. The standard InChI is InChI=1S/C13H17BrFNO2/c1-9-8-18-11(7-17)6-16(9)5-10-2-3-13(15)12(14)4-10/h2-4,9,11,17H,5-8H2,1H3. The molecule has 0 bridgehead atoms. The molecule has 3 nitrogen and oxygen atoms in total. The van der Waals surface area contributed by atoms with Gasteiger partial charge in [0.1, 0.15) is 5.82 Å². The molecule has 1 aromatic rings. The van der Waals surface area contributed by atoms with Gasteiger partial charge in [-0.15, -0.1) is 0 Å². The van der Waals surface area contributed by atoms with Gasteiger partial charge in [-0.1, -0.05) is 6.07 Å². The van der Waals surface area contributed by atoms with E-state index >= 15 is 0 Å². The molecule has 0 spiro atoms. The average Bonchev–Trinajstić information content (AvgIpc) is 2.36. The Morgan fingerprint density at radius 1 is 1.56 bits per heavy atom. The molecule has 5 heteroatoms. The molecule has 100 valence electrons. The lowest BCUT2D eigenvalue weighted by Gasteiger charge is -2.37. The normalized spacial score (nSPS) is 25.3. The van der Waals surface area contributed by atoms with Crippen molar-refractivity contribution in [3.8, 4) is 0 Å². The van der Waals surface area contributed by atoms with Gasteiger partial charge in [0.05, 0.1) is 23.8 Å². The Hall–Kier alpha value is -0.490. The minimum atomic E-state index is -0.248. The van der Waals surface area contributed by atoms with Gasteiger partial charge >= 0.3 is 0 Å². The molecule has 0 saturated carbocycles. The Bertz CT molecular complexity index is 416. The number of ether oxygens (including phenoxy) is 1. The first kappa shape index (κ1) is 13.9. The lowest BCUT2D eigenvalue weighted by atomic mass is 10.1. The molecule has 1 aliphatic heterocycles. The van der Waals surface area contributed by atoms with E-state index in [0.29, 0.717) is 23.7 Å². The van der Waals surface area contributed by atoms with Crippen molar-refractivity contribution in [2.45, 2.75) is 25.6 Å². The van der Waals surface area contributed by atoms with E-state index in [1.54, 1.807) is 12.1 Å². The van der Waals surface area contributed by atoms with E-state index in [4.69, 9.17) is 9.84 Å². The van der Waals surface area contributed by atoms with Crippen molar-refractivity contribution in [1.29, 1.82) is 0 Å². The number of hydrogen-bond acceptors (Lipinski definition) is 3. The molecule has 2 rings (SSSR count). The summed E-state index contributed by atoms with van der Waals surface area (Å²) in [5, 5.41) is 9.13. The van der Waals surface area contributed by atoms with Crippen molar-refractivity contribution >= 4 is 15.9 Å². The summed E-state index contributed by atoms with van der Waals surface area (Å²) < 4.78 is 19.1. The second-order valence-corrected chi connectivity index (χ2v) is 5.52. The predicted molar refractivity (Wildman–Crippen MR) is 70.8 cm³/mol. The van der Waals surface area contributed by atoms with Gasteiger partial charge in [-0.25, -0.2) is 4.39 Å². The maximum Gasteiger partial charge on any atom is 0.137 e. The number of benzene rings is 1. The lowest BCUT2D eigenvalue weighted by Crippen LogP contribution is -2.48. The summed E-state index contributed by atoms with van der Waals surface area (Å²) in [5.74, 6) is -0.248. The molecule has 1 aromatic carbocycles. The molecule has 0 aromatic heterocycles. The Labute approximate surface area is 115 Å². The van der Waals surface area contributed by atoms with Crippen molar-refractivity contribution < 1.29 is 14.2 Å². The van der Waals surface area contributed by atoms with Crippen LogP contribution in [0.25, 0.3) is 0 Å². The summed E-state index contributed by atoms with van der Waals surface area (Å²) >= 11 is 3.19. The molecule has 0 radical (unpaired) electrons. The molecule has 0 aliphatic carbocycles. The van der Waals surface area contributed by atoms with Crippen LogP contribution in [0.4, 0.5) is 4.39 Å². The Kier molecular flexibility index (Phi) is 4.72. The third-order valence-corrected chi connectivity index (χ3v) is 3.82. The van der Waals surface area contributed by atoms with Gasteiger partial charge in [0.25, 0.3) is 0 Å². The zero-order valence-electron chi connectivity index (χ0n) is 10.3. The van der Waals surface area contributed by atoms with Crippen LogP contribution < -0.4 is 0 Å². The zero-order chi connectivity index (χ0) is 13.1. The van der Waals surface area contributed by atoms with Crippen molar-refractivity contribution in [2.24, 2.45) is 0 Å². The van der Waals surface area contributed by atoms with Crippen molar-refractivity contribution in [3.05, 3.63) is 34.1 Å². The van der Waals surface area contributed by atoms with Gasteiger partial charge in [-0.05, 0) is 40.5 Å². The molecule has 1 fully saturated rings. The Morgan fingerprint density at radius 2 is 2.33 bits per heavy atom. The van der Waals surface area contributed by atoms with Crippen LogP contribution in [0.15, 0.2) is 22.7 Å². The molecule has 2 atom stereocenters. The van der Waals surface area contributed by atoms with Gasteiger partial charge < -0.3 is 9.84 Å².